The first-order valence-corrected chi connectivity index (χ1v) is 10.6. The van der Waals surface area contributed by atoms with Crippen LogP contribution in [-0.2, 0) is 6.42 Å². The molecule has 0 saturated carbocycles. The molecule has 0 spiro atoms. The number of nitrogens with zero attached hydrogens (tertiary/aromatic N) is 2. The van der Waals surface area contributed by atoms with Crippen molar-refractivity contribution >= 4 is 23.0 Å². The van der Waals surface area contributed by atoms with Crippen LogP contribution in [0.25, 0.3) is 11.3 Å². The van der Waals surface area contributed by atoms with Crippen LogP contribution in [0.1, 0.15) is 34.2 Å². The number of hydrogen-bond acceptors (Lipinski definition) is 5. The van der Waals surface area contributed by atoms with Gasteiger partial charge >= 0.3 is 0 Å². The second kappa shape index (κ2) is 7.76. The molecule has 1 unspecified atom stereocenters. The van der Waals surface area contributed by atoms with E-state index in [0.29, 0.717) is 6.04 Å². The van der Waals surface area contributed by atoms with Gasteiger partial charge in [0.15, 0.2) is 5.96 Å². The third-order valence-corrected chi connectivity index (χ3v) is 5.93. The highest BCUT2D eigenvalue weighted by Gasteiger charge is 2.14. The van der Waals surface area contributed by atoms with Crippen molar-refractivity contribution in [3.63, 3.8) is 0 Å². The van der Waals surface area contributed by atoms with Gasteiger partial charge in [-0.05, 0) is 50.5 Å². The lowest BCUT2D eigenvalue weighted by Crippen LogP contribution is -2.32. The van der Waals surface area contributed by atoms with Crippen LogP contribution in [0.5, 0.6) is 0 Å². The quantitative estimate of drug-likeness (QED) is 0.653. The van der Waals surface area contributed by atoms with Crippen LogP contribution in [0.4, 0.5) is 5.69 Å². The van der Waals surface area contributed by atoms with Gasteiger partial charge in [0, 0.05) is 29.1 Å². The fourth-order valence-corrected chi connectivity index (χ4v) is 4.20. The Hall–Kier alpha value is -2.66. The van der Waals surface area contributed by atoms with Crippen LogP contribution in [-0.4, -0.2) is 23.5 Å². The maximum atomic E-state index is 4.86. The van der Waals surface area contributed by atoms with Crippen LogP contribution >= 0.6 is 11.3 Å². The molecule has 28 heavy (non-hydrogen) atoms. The summed E-state index contributed by atoms with van der Waals surface area (Å²) in [7, 11) is 0. The van der Waals surface area contributed by atoms with Gasteiger partial charge in [0.25, 0.3) is 0 Å². The van der Waals surface area contributed by atoms with Gasteiger partial charge in [0.05, 0.1) is 17.2 Å². The van der Waals surface area contributed by atoms with E-state index in [1.165, 1.54) is 27.8 Å². The lowest BCUT2D eigenvalue weighted by molar-refractivity contribution is 0.725. The van der Waals surface area contributed by atoms with E-state index in [-0.39, 0.29) is 0 Å². The molecule has 2 N–H and O–H groups in total. The smallest absolute Gasteiger partial charge is 0.196 e. The van der Waals surface area contributed by atoms with E-state index in [4.69, 9.17) is 4.98 Å². The Kier molecular flexibility index (Phi) is 5.18. The van der Waals surface area contributed by atoms with Gasteiger partial charge in [-0.15, -0.1) is 11.3 Å². The molecule has 1 aliphatic rings. The molecule has 2 heterocycles. The molecule has 0 bridgehead atoms. The van der Waals surface area contributed by atoms with Gasteiger partial charge in [0.1, 0.15) is 0 Å². The van der Waals surface area contributed by atoms with E-state index >= 15 is 0 Å². The van der Waals surface area contributed by atoms with Crippen molar-refractivity contribution in [2.24, 2.45) is 4.99 Å². The number of aliphatic imine (C=N–C) groups is 1. The number of thiazole rings is 1. The molecular formula is C23H26N4S. The van der Waals surface area contributed by atoms with Crippen LogP contribution in [0.2, 0.25) is 0 Å². The predicted octanol–water partition coefficient (Wildman–Crippen LogP) is 5.09. The van der Waals surface area contributed by atoms with E-state index in [9.17, 15) is 0 Å². The van der Waals surface area contributed by atoms with E-state index in [1.54, 1.807) is 11.3 Å². The van der Waals surface area contributed by atoms with E-state index in [1.807, 2.05) is 0 Å². The molecule has 1 atom stereocenters. The monoisotopic (exact) mass is 390 g/mol. The summed E-state index contributed by atoms with van der Waals surface area (Å²) < 4.78 is 0. The van der Waals surface area contributed by atoms with Gasteiger partial charge in [0.2, 0.25) is 0 Å². The summed E-state index contributed by atoms with van der Waals surface area (Å²) >= 11 is 1.73. The Bertz CT molecular complexity index is 1020. The normalized spacial score (nSPS) is 16.0. The summed E-state index contributed by atoms with van der Waals surface area (Å²) in [5.41, 5.74) is 8.44. The first kappa shape index (κ1) is 18.7. The summed E-state index contributed by atoms with van der Waals surface area (Å²) in [6, 6.07) is 13.4. The minimum absolute atomic E-state index is 0.399. The molecule has 1 aliphatic heterocycles. The number of aryl methyl sites for hydroxylation is 3. The molecule has 0 fully saturated rings. The minimum atomic E-state index is 0.399. The zero-order chi connectivity index (χ0) is 19.7. The lowest BCUT2D eigenvalue weighted by atomic mass is 10.0. The molecule has 0 radical (unpaired) electrons. The Morgan fingerprint density at radius 2 is 1.89 bits per heavy atom. The van der Waals surface area contributed by atoms with Gasteiger partial charge < -0.3 is 10.6 Å². The average molecular weight is 391 g/mol. The van der Waals surface area contributed by atoms with Crippen LogP contribution in [0.15, 0.2) is 46.8 Å². The molecule has 0 saturated heterocycles. The summed E-state index contributed by atoms with van der Waals surface area (Å²) in [5, 5.41) is 10.1. The van der Waals surface area contributed by atoms with Crippen molar-refractivity contribution in [3.05, 3.63) is 69.0 Å². The van der Waals surface area contributed by atoms with Gasteiger partial charge in [-0.3, -0.25) is 4.99 Å². The van der Waals surface area contributed by atoms with E-state index in [0.717, 1.165) is 35.3 Å². The highest BCUT2D eigenvalue weighted by atomic mass is 32.1. The van der Waals surface area contributed by atoms with Crippen molar-refractivity contribution in [3.8, 4) is 11.3 Å². The number of hydrogen-bond donors (Lipinski definition) is 2. The maximum absolute atomic E-state index is 4.86. The Morgan fingerprint density at radius 3 is 2.61 bits per heavy atom. The van der Waals surface area contributed by atoms with Gasteiger partial charge in [-0.2, -0.15) is 0 Å². The fraction of sp³-hybridized carbons (Fsp3) is 0.304. The number of guanidine groups is 1. The fourth-order valence-electron chi connectivity index (χ4n) is 3.37. The van der Waals surface area contributed by atoms with Crippen LogP contribution in [0.3, 0.4) is 0 Å². The van der Waals surface area contributed by atoms with E-state index < -0.39 is 0 Å². The zero-order valence-corrected chi connectivity index (χ0v) is 17.7. The molecule has 3 aromatic rings. The molecular weight excluding hydrogens is 364 g/mol. The molecule has 1 aromatic heterocycles. The molecule has 2 aromatic carbocycles. The minimum Gasteiger partial charge on any atom is -0.352 e. The van der Waals surface area contributed by atoms with Gasteiger partial charge in [-0.1, -0.05) is 35.9 Å². The van der Waals surface area contributed by atoms with Crippen LogP contribution < -0.4 is 10.6 Å². The molecule has 144 valence electrons. The lowest BCUT2D eigenvalue weighted by Gasteiger charge is -2.14. The van der Waals surface area contributed by atoms with E-state index in [2.05, 4.69) is 85.1 Å². The van der Waals surface area contributed by atoms with Crippen molar-refractivity contribution < 1.29 is 0 Å². The molecule has 5 heteroatoms. The second-order valence-corrected chi connectivity index (χ2v) is 8.57. The molecule has 0 amide bonds. The van der Waals surface area contributed by atoms with Crippen molar-refractivity contribution in [2.75, 3.05) is 11.9 Å². The number of nitrogens with one attached hydrogen (secondary N) is 2. The number of rotatable bonds is 4. The topological polar surface area (TPSA) is 49.3 Å². The summed E-state index contributed by atoms with van der Waals surface area (Å²) in [4.78, 5) is 9.36. The molecule has 0 aliphatic carbocycles. The van der Waals surface area contributed by atoms with Gasteiger partial charge in [-0.25, -0.2) is 4.98 Å². The summed E-state index contributed by atoms with van der Waals surface area (Å²) in [6.45, 7) is 9.38. The average Bonchev–Trinajstić information content (AvgIpc) is 3.29. The number of aromatic nitrogens is 1. The first-order valence-electron chi connectivity index (χ1n) is 9.67. The van der Waals surface area contributed by atoms with Crippen molar-refractivity contribution in [1.29, 1.82) is 0 Å². The predicted molar refractivity (Wildman–Crippen MR) is 120 cm³/mol. The third-order valence-electron chi connectivity index (χ3n) is 5.08. The molecule has 4 rings (SSSR count). The third kappa shape index (κ3) is 4.09. The second-order valence-electron chi connectivity index (χ2n) is 7.62. The highest BCUT2D eigenvalue weighted by Crippen LogP contribution is 2.27. The number of benzene rings is 2. The van der Waals surface area contributed by atoms with Crippen LogP contribution in [0, 0.1) is 20.8 Å². The SMILES string of the molecule is Cc1ccc(-c2csc(Cc3cc(C)c(NC4=NCC(C)N4)cc3C)n2)cc1. The maximum Gasteiger partial charge on any atom is 0.196 e. The Morgan fingerprint density at radius 1 is 1.11 bits per heavy atom. The Labute approximate surface area is 170 Å². The number of anilines is 1. The summed E-state index contributed by atoms with van der Waals surface area (Å²) in [6.07, 6.45) is 0.861. The zero-order valence-electron chi connectivity index (χ0n) is 16.8. The Balaban J connectivity index is 1.51. The first-order chi connectivity index (χ1) is 13.5. The molecule has 4 nitrogen and oxygen atoms in total. The van der Waals surface area contributed by atoms with Crippen molar-refractivity contribution in [2.45, 2.75) is 40.2 Å². The van der Waals surface area contributed by atoms with Crippen molar-refractivity contribution in [1.82, 2.24) is 10.3 Å². The largest absolute Gasteiger partial charge is 0.352 e. The highest BCUT2D eigenvalue weighted by molar-refractivity contribution is 7.10. The summed E-state index contributed by atoms with van der Waals surface area (Å²) in [5.74, 6) is 0.866. The standard InChI is InChI=1S/C23H26N4S/c1-14-5-7-18(8-6-14)21-13-28-22(26-21)11-19-9-16(3)20(10-15(19)2)27-23-24-12-17(4)25-23/h5-10,13,17H,11-12H2,1-4H3,(H2,24,25,27).